The molecule has 4 heteroatoms. The van der Waals surface area contributed by atoms with E-state index in [0.29, 0.717) is 0 Å². The fourth-order valence-corrected chi connectivity index (χ4v) is 9.81. The van der Waals surface area contributed by atoms with Gasteiger partial charge in [-0.3, -0.25) is 4.57 Å². The van der Waals surface area contributed by atoms with E-state index in [1.165, 1.54) is 60.4 Å². The summed E-state index contributed by atoms with van der Waals surface area (Å²) in [6, 6.07) is 58.6. The molecule has 57 heavy (non-hydrogen) atoms. The van der Waals surface area contributed by atoms with E-state index in [0.717, 1.165) is 57.7 Å². The van der Waals surface area contributed by atoms with Gasteiger partial charge in [0.05, 0.1) is 33.3 Å². The van der Waals surface area contributed by atoms with Gasteiger partial charge in [-0.1, -0.05) is 117 Å². The number of hydrogen-bond donors (Lipinski definition) is 0. The number of nitrogens with zero attached hydrogens (tertiary/aromatic N) is 4. The summed E-state index contributed by atoms with van der Waals surface area (Å²) in [5.41, 5.74) is 15.6. The third kappa shape index (κ3) is 4.63. The van der Waals surface area contributed by atoms with E-state index in [1.807, 2.05) is 12.1 Å². The van der Waals surface area contributed by atoms with Crippen molar-refractivity contribution in [3.63, 3.8) is 0 Å². The van der Waals surface area contributed by atoms with Crippen LogP contribution in [0, 0.1) is 12.1 Å². The Kier molecular flexibility index (Phi) is 6.69. The Morgan fingerprint density at radius 1 is 0.579 bits per heavy atom. The van der Waals surface area contributed by atoms with Crippen LogP contribution >= 0.6 is 0 Å². The minimum atomic E-state index is -0.0310. The monoisotopic (exact) mass is 728 g/mol. The summed E-state index contributed by atoms with van der Waals surface area (Å²) in [5.74, 6) is 1.63. The molecule has 0 bridgehead atoms. The molecule has 7 aromatic carbocycles. The minimum absolute atomic E-state index is 0.0310. The van der Waals surface area contributed by atoms with Crippen molar-refractivity contribution in [1.82, 2.24) is 19.1 Å². The van der Waals surface area contributed by atoms with Crippen LogP contribution < -0.4 is 0 Å². The van der Waals surface area contributed by atoms with Crippen LogP contribution in [0.25, 0.3) is 94.1 Å². The molecule has 0 atom stereocenters. The quantitative estimate of drug-likeness (QED) is 0.181. The molecule has 0 fully saturated rings. The number of allylic oxidation sites excluding steroid dienone is 4. The highest BCUT2D eigenvalue weighted by molar-refractivity contribution is 6.13. The van der Waals surface area contributed by atoms with Crippen LogP contribution in [0.3, 0.4) is 0 Å². The highest BCUT2D eigenvalue weighted by atomic mass is 15.1. The summed E-state index contributed by atoms with van der Waals surface area (Å²) in [6.45, 7) is 4.74. The lowest BCUT2D eigenvalue weighted by atomic mass is 9.78. The lowest BCUT2D eigenvalue weighted by Crippen LogP contribution is -2.17. The zero-order valence-corrected chi connectivity index (χ0v) is 31.7. The van der Waals surface area contributed by atoms with Gasteiger partial charge in [-0.2, -0.15) is 0 Å². The van der Waals surface area contributed by atoms with Crippen LogP contribution in [0.1, 0.15) is 37.8 Å². The molecule has 0 saturated heterocycles. The highest BCUT2D eigenvalue weighted by Gasteiger charge is 2.37. The lowest BCUT2D eigenvalue weighted by Gasteiger charge is -2.26. The van der Waals surface area contributed by atoms with Crippen molar-refractivity contribution in [3.8, 4) is 34.0 Å². The second kappa shape index (κ2) is 11.9. The average molecular weight is 729 g/mol. The Labute approximate surface area is 330 Å². The van der Waals surface area contributed by atoms with Gasteiger partial charge in [-0.25, -0.2) is 9.97 Å². The first-order chi connectivity index (χ1) is 28.0. The predicted molar refractivity (Wildman–Crippen MR) is 235 cm³/mol. The molecule has 268 valence electrons. The fraction of sp³-hybridized carbons (Fsp3) is 0.0943. The van der Waals surface area contributed by atoms with Crippen LogP contribution in [0.4, 0.5) is 0 Å². The van der Waals surface area contributed by atoms with Gasteiger partial charge in [0.15, 0.2) is 5.82 Å². The van der Waals surface area contributed by atoms with Gasteiger partial charge in [0.1, 0.15) is 5.82 Å². The number of para-hydroxylation sites is 3. The fourth-order valence-electron chi connectivity index (χ4n) is 9.81. The van der Waals surface area contributed by atoms with Crippen molar-refractivity contribution in [2.24, 2.45) is 0 Å². The van der Waals surface area contributed by atoms with Gasteiger partial charge >= 0.3 is 0 Å². The molecule has 4 nitrogen and oxygen atoms in total. The molecular weight excluding hydrogens is 693 g/mol. The van der Waals surface area contributed by atoms with Gasteiger partial charge in [0.25, 0.3) is 0 Å². The van der Waals surface area contributed by atoms with Crippen molar-refractivity contribution in [2.75, 3.05) is 0 Å². The van der Waals surface area contributed by atoms with Gasteiger partial charge < -0.3 is 4.57 Å². The van der Waals surface area contributed by atoms with Crippen LogP contribution in [0.2, 0.25) is 0 Å². The van der Waals surface area contributed by atoms with E-state index in [1.54, 1.807) is 5.57 Å². The van der Waals surface area contributed by atoms with Crippen molar-refractivity contribution < 1.29 is 0 Å². The third-order valence-electron chi connectivity index (χ3n) is 12.5. The van der Waals surface area contributed by atoms with Gasteiger partial charge in [-0.05, 0) is 107 Å². The Bertz CT molecular complexity index is 3370. The van der Waals surface area contributed by atoms with Gasteiger partial charge in [-0.15, -0.1) is 0 Å². The molecule has 0 N–H and O–H groups in total. The topological polar surface area (TPSA) is 35.6 Å². The SMILES string of the molecule is CC1(C)C2=C(C=CCC2)c2ccc(-c3nc(-n4c5ccccc5c5cc(-c6ccc7c(c6)c6ccccc6n7-c6cc#ccc6)ccc54)c4ccccc4n3)cc21. The first-order valence-corrected chi connectivity index (χ1v) is 19.8. The Morgan fingerprint density at radius 3 is 1.96 bits per heavy atom. The highest BCUT2D eigenvalue weighted by Crippen LogP contribution is 2.51. The minimum Gasteiger partial charge on any atom is -0.309 e. The molecule has 0 unspecified atom stereocenters. The Hall–Kier alpha value is -7.22. The summed E-state index contributed by atoms with van der Waals surface area (Å²) in [7, 11) is 0. The first-order valence-electron chi connectivity index (χ1n) is 19.8. The summed E-state index contributed by atoms with van der Waals surface area (Å²) < 4.78 is 4.66. The maximum Gasteiger partial charge on any atom is 0.162 e. The van der Waals surface area contributed by atoms with Crippen molar-refractivity contribution >= 4 is 60.1 Å². The summed E-state index contributed by atoms with van der Waals surface area (Å²) in [4.78, 5) is 10.7. The molecule has 3 aromatic heterocycles. The number of aromatic nitrogens is 4. The Balaban J connectivity index is 1.03. The van der Waals surface area contributed by atoms with E-state index < -0.39 is 0 Å². The van der Waals surface area contributed by atoms with Crippen LogP contribution in [-0.4, -0.2) is 19.1 Å². The molecule has 10 aromatic rings. The van der Waals surface area contributed by atoms with E-state index in [4.69, 9.17) is 9.97 Å². The molecule has 2 aliphatic carbocycles. The largest absolute Gasteiger partial charge is 0.309 e. The molecule has 0 saturated carbocycles. The first kappa shape index (κ1) is 32.1. The molecule has 12 rings (SSSR count). The van der Waals surface area contributed by atoms with Crippen LogP contribution in [0.15, 0.2) is 163 Å². The van der Waals surface area contributed by atoms with Crippen molar-refractivity contribution in [3.05, 3.63) is 187 Å². The summed E-state index contributed by atoms with van der Waals surface area (Å²) >= 11 is 0. The maximum atomic E-state index is 5.47. The second-order valence-corrected chi connectivity index (χ2v) is 16.0. The van der Waals surface area contributed by atoms with Crippen LogP contribution in [0.5, 0.6) is 0 Å². The van der Waals surface area contributed by atoms with Gasteiger partial charge in [0.2, 0.25) is 0 Å². The summed E-state index contributed by atoms with van der Waals surface area (Å²) in [5, 5.41) is 5.85. The zero-order valence-electron chi connectivity index (χ0n) is 31.7. The molecule has 0 aliphatic heterocycles. The van der Waals surface area contributed by atoms with E-state index in [-0.39, 0.29) is 5.41 Å². The van der Waals surface area contributed by atoms with E-state index >= 15 is 0 Å². The van der Waals surface area contributed by atoms with Crippen molar-refractivity contribution in [2.45, 2.75) is 32.1 Å². The van der Waals surface area contributed by atoms with Crippen molar-refractivity contribution in [1.29, 1.82) is 0 Å². The smallest absolute Gasteiger partial charge is 0.162 e. The maximum absolute atomic E-state index is 5.47. The number of hydrogen-bond acceptors (Lipinski definition) is 2. The molecule has 2 aliphatic rings. The molecule has 0 radical (unpaired) electrons. The number of rotatable bonds is 4. The molecule has 0 amide bonds. The normalized spacial score (nSPS) is 14.6. The molecule has 0 spiro atoms. The summed E-state index contributed by atoms with van der Waals surface area (Å²) in [6.07, 6.45) is 6.85. The number of benzene rings is 6. The van der Waals surface area contributed by atoms with E-state index in [9.17, 15) is 0 Å². The standard InChI is InChI=1S/C53H36N4/c1-53(2)44-20-10-6-16-37(44)38-27-24-35(32-45(38)53)51-54-46-21-11-7-19-41(46)52(55-51)57-48-23-13-9-18-40(48)43-31-34(26-29-50(43)57)33-25-28-49-42(30-33)39-17-8-12-22-47(39)56(49)36-14-4-3-5-15-36/h4,6-9,11-19,21-32H,10,20H2,1-2H3. The van der Waals surface area contributed by atoms with Crippen LogP contribution in [-0.2, 0) is 5.41 Å². The third-order valence-corrected chi connectivity index (χ3v) is 12.5. The average Bonchev–Trinajstić information content (AvgIpc) is 3.86. The Morgan fingerprint density at radius 2 is 1.23 bits per heavy atom. The zero-order chi connectivity index (χ0) is 37.8. The lowest BCUT2D eigenvalue weighted by molar-refractivity contribution is 0.607. The van der Waals surface area contributed by atoms with Gasteiger partial charge in [0, 0.05) is 44.0 Å². The number of fused-ring (bicyclic) bond motifs is 9. The molecular formula is C53H36N4. The molecule has 3 heterocycles. The predicted octanol–water partition coefficient (Wildman–Crippen LogP) is 13.2. The second-order valence-electron chi connectivity index (χ2n) is 16.0. The van der Waals surface area contributed by atoms with E-state index in [2.05, 4.69) is 181 Å².